The van der Waals surface area contributed by atoms with E-state index in [0.717, 1.165) is 17.0 Å². The molecule has 0 unspecified atom stereocenters. The van der Waals surface area contributed by atoms with Crippen LogP contribution in [-0.4, -0.2) is 16.8 Å². The number of hydrogen-bond acceptors (Lipinski definition) is 2. The SMILES string of the molecule is COn1c(-c2ccc(Cl)cc2Cl)nc(C)c1C. The zero-order valence-corrected chi connectivity index (χ0v) is 11.3. The summed E-state index contributed by atoms with van der Waals surface area (Å²) in [4.78, 5) is 9.75. The Morgan fingerprint density at radius 3 is 2.53 bits per heavy atom. The fraction of sp³-hybridized carbons (Fsp3) is 0.250. The number of aryl methyl sites for hydroxylation is 1. The summed E-state index contributed by atoms with van der Waals surface area (Å²) in [7, 11) is 1.60. The molecular weight excluding hydrogens is 259 g/mol. The van der Waals surface area contributed by atoms with E-state index in [9.17, 15) is 0 Å². The summed E-state index contributed by atoms with van der Waals surface area (Å²) in [5.41, 5.74) is 2.66. The van der Waals surface area contributed by atoms with Crippen molar-refractivity contribution in [3.8, 4) is 11.4 Å². The molecule has 0 bridgehead atoms. The Hall–Kier alpha value is -1.19. The van der Waals surface area contributed by atoms with E-state index < -0.39 is 0 Å². The third-order valence-electron chi connectivity index (χ3n) is 2.65. The fourth-order valence-corrected chi connectivity index (χ4v) is 2.15. The molecule has 0 saturated carbocycles. The van der Waals surface area contributed by atoms with Crippen LogP contribution in [0.1, 0.15) is 11.4 Å². The van der Waals surface area contributed by atoms with Crippen LogP contribution < -0.4 is 4.84 Å². The van der Waals surface area contributed by atoms with Gasteiger partial charge in [0, 0.05) is 10.6 Å². The molecule has 1 aromatic heterocycles. The molecule has 0 aliphatic carbocycles. The van der Waals surface area contributed by atoms with Gasteiger partial charge in [0.25, 0.3) is 0 Å². The average molecular weight is 271 g/mol. The number of aromatic nitrogens is 2. The summed E-state index contributed by atoms with van der Waals surface area (Å²) in [6, 6.07) is 5.31. The number of benzene rings is 1. The molecule has 0 radical (unpaired) electrons. The molecular formula is C12H12Cl2N2O. The smallest absolute Gasteiger partial charge is 0.177 e. The fourth-order valence-electron chi connectivity index (χ4n) is 1.65. The van der Waals surface area contributed by atoms with Crippen LogP contribution in [0.3, 0.4) is 0 Å². The van der Waals surface area contributed by atoms with Gasteiger partial charge in [0.1, 0.15) is 7.11 Å². The molecule has 3 nitrogen and oxygen atoms in total. The lowest BCUT2D eigenvalue weighted by Crippen LogP contribution is -2.09. The summed E-state index contributed by atoms with van der Waals surface area (Å²) in [5, 5.41) is 1.16. The highest BCUT2D eigenvalue weighted by atomic mass is 35.5. The van der Waals surface area contributed by atoms with Gasteiger partial charge in [-0.05, 0) is 32.0 Å². The Kier molecular flexibility index (Phi) is 3.31. The second kappa shape index (κ2) is 4.59. The van der Waals surface area contributed by atoms with E-state index in [2.05, 4.69) is 4.98 Å². The van der Waals surface area contributed by atoms with E-state index in [1.807, 2.05) is 19.9 Å². The predicted octanol–water partition coefficient (Wildman–Crippen LogP) is 3.53. The topological polar surface area (TPSA) is 27.1 Å². The average Bonchev–Trinajstić information content (AvgIpc) is 2.55. The standard InChI is InChI=1S/C12H12Cl2N2O/c1-7-8(2)16(17-3)12(15-7)10-5-4-9(13)6-11(10)14/h4-6H,1-3H3. The van der Waals surface area contributed by atoms with Crippen LogP contribution in [0.2, 0.25) is 10.0 Å². The maximum Gasteiger partial charge on any atom is 0.177 e. The van der Waals surface area contributed by atoms with Crippen LogP contribution in [0.5, 0.6) is 0 Å². The van der Waals surface area contributed by atoms with E-state index in [1.54, 1.807) is 24.0 Å². The third-order valence-corrected chi connectivity index (χ3v) is 3.20. The van der Waals surface area contributed by atoms with Crippen molar-refractivity contribution in [3.63, 3.8) is 0 Å². The lowest BCUT2D eigenvalue weighted by Gasteiger charge is -2.08. The predicted molar refractivity (Wildman–Crippen MR) is 69.7 cm³/mol. The Morgan fingerprint density at radius 2 is 1.94 bits per heavy atom. The Bertz CT molecular complexity index is 564. The lowest BCUT2D eigenvalue weighted by molar-refractivity contribution is 0.165. The Labute approximate surface area is 110 Å². The number of halogens is 2. The molecule has 90 valence electrons. The van der Waals surface area contributed by atoms with Crippen LogP contribution in [0.4, 0.5) is 0 Å². The molecule has 0 saturated heterocycles. The molecule has 0 N–H and O–H groups in total. The van der Waals surface area contributed by atoms with Gasteiger partial charge in [0.2, 0.25) is 0 Å². The van der Waals surface area contributed by atoms with Crippen molar-refractivity contribution in [2.24, 2.45) is 0 Å². The van der Waals surface area contributed by atoms with E-state index in [1.165, 1.54) is 0 Å². The van der Waals surface area contributed by atoms with Crippen LogP contribution in [0.25, 0.3) is 11.4 Å². The first kappa shape index (κ1) is 12.3. The molecule has 5 heteroatoms. The van der Waals surface area contributed by atoms with E-state index in [0.29, 0.717) is 15.9 Å². The van der Waals surface area contributed by atoms with Crippen molar-refractivity contribution in [1.82, 2.24) is 9.71 Å². The maximum absolute atomic E-state index is 6.16. The molecule has 1 heterocycles. The number of rotatable bonds is 2. The third kappa shape index (κ3) is 2.13. The van der Waals surface area contributed by atoms with Crippen molar-refractivity contribution in [1.29, 1.82) is 0 Å². The van der Waals surface area contributed by atoms with Gasteiger partial charge in [-0.1, -0.05) is 23.2 Å². The van der Waals surface area contributed by atoms with Crippen molar-refractivity contribution >= 4 is 23.2 Å². The normalized spacial score (nSPS) is 10.6. The minimum atomic E-state index is 0.556. The summed E-state index contributed by atoms with van der Waals surface area (Å²) in [5.74, 6) is 0.684. The van der Waals surface area contributed by atoms with Crippen molar-refractivity contribution in [3.05, 3.63) is 39.6 Å². The highest BCUT2D eigenvalue weighted by Crippen LogP contribution is 2.30. The minimum Gasteiger partial charge on any atom is -0.415 e. The molecule has 1 aromatic carbocycles. The van der Waals surface area contributed by atoms with Crippen LogP contribution in [-0.2, 0) is 0 Å². The summed E-state index contributed by atoms with van der Waals surface area (Å²) in [6.45, 7) is 3.87. The van der Waals surface area contributed by atoms with Crippen molar-refractivity contribution in [2.75, 3.05) is 7.11 Å². The maximum atomic E-state index is 6.16. The largest absolute Gasteiger partial charge is 0.415 e. The first-order valence-electron chi connectivity index (χ1n) is 5.10. The molecule has 0 aliphatic rings. The van der Waals surface area contributed by atoms with E-state index in [4.69, 9.17) is 28.0 Å². The molecule has 0 fully saturated rings. The second-order valence-corrected chi connectivity index (χ2v) is 4.55. The van der Waals surface area contributed by atoms with E-state index in [-0.39, 0.29) is 0 Å². The van der Waals surface area contributed by atoms with Gasteiger partial charge in [-0.25, -0.2) is 4.98 Å². The van der Waals surface area contributed by atoms with Gasteiger partial charge in [0.05, 0.1) is 16.4 Å². The zero-order chi connectivity index (χ0) is 12.6. The van der Waals surface area contributed by atoms with Gasteiger partial charge in [0.15, 0.2) is 5.82 Å². The monoisotopic (exact) mass is 270 g/mol. The highest BCUT2D eigenvalue weighted by Gasteiger charge is 2.15. The first-order chi connectivity index (χ1) is 8.04. The molecule has 0 amide bonds. The lowest BCUT2D eigenvalue weighted by atomic mass is 10.2. The molecule has 2 aromatic rings. The summed E-state index contributed by atoms with van der Waals surface area (Å²) < 4.78 is 1.66. The Balaban J connectivity index is 2.64. The molecule has 0 spiro atoms. The second-order valence-electron chi connectivity index (χ2n) is 3.71. The van der Waals surface area contributed by atoms with Gasteiger partial charge in [-0.2, -0.15) is 4.73 Å². The highest BCUT2D eigenvalue weighted by molar-refractivity contribution is 6.36. The van der Waals surface area contributed by atoms with Crippen molar-refractivity contribution in [2.45, 2.75) is 13.8 Å². The van der Waals surface area contributed by atoms with Crippen LogP contribution in [0.15, 0.2) is 18.2 Å². The van der Waals surface area contributed by atoms with Gasteiger partial charge < -0.3 is 4.84 Å². The van der Waals surface area contributed by atoms with Gasteiger partial charge >= 0.3 is 0 Å². The first-order valence-corrected chi connectivity index (χ1v) is 5.86. The van der Waals surface area contributed by atoms with E-state index >= 15 is 0 Å². The van der Waals surface area contributed by atoms with Crippen LogP contribution >= 0.6 is 23.2 Å². The van der Waals surface area contributed by atoms with Gasteiger partial charge in [-0.3, -0.25) is 0 Å². The summed E-state index contributed by atoms with van der Waals surface area (Å²) in [6.07, 6.45) is 0. The quantitative estimate of drug-likeness (QED) is 0.835. The molecule has 17 heavy (non-hydrogen) atoms. The zero-order valence-electron chi connectivity index (χ0n) is 9.79. The molecule has 2 rings (SSSR count). The number of hydrogen-bond donors (Lipinski definition) is 0. The number of nitrogens with zero attached hydrogens (tertiary/aromatic N) is 2. The molecule has 0 atom stereocenters. The number of imidazole rings is 1. The Morgan fingerprint density at radius 1 is 1.24 bits per heavy atom. The minimum absolute atomic E-state index is 0.556. The van der Waals surface area contributed by atoms with Gasteiger partial charge in [-0.15, -0.1) is 0 Å². The summed E-state index contributed by atoms with van der Waals surface area (Å²) >= 11 is 12.0. The van der Waals surface area contributed by atoms with Crippen LogP contribution in [0, 0.1) is 13.8 Å². The van der Waals surface area contributed by atoms with Crippen molar-refractivity contribution < 1.29 is 4.84 Å². The molecule has 0 aliphatic heterocycles.